The maximum atomic E-state index is 12.8. The molecule has 90 valence electrons. The van der Waals surface area contributed by atoms with Crippen LogP contribution in [0.15, 0.2) is 35.4 Å². The first kappa shape index (κ1) is 11.8. The lowest BCUT2D eigenvalue weighted by Gasteiger charge is -2.12. The van der Waals surface area contributed by atoms with Crippen molar-refractivity contribution in [3.05, 3.63) is 35.9 Å². The van der Waals surface area contributed by atoms with Crippen LogP contribution < -0.4 is 0 Å². The van der Waals surface area contributed by atoms with Gasteiger partial charge in [-0.2, -0.15) is 5.10 Å². The third kappa shape index (κ3) is 2.73. The van der Waals surface area contributed by atoms with Gasteiger partial charge >= 0.3 is 0 Å². The Kier molecular flexibility index (Phi) is 3.01. The summed E-state index contributed by atoms with van der Waals surface area (Å²) in [6, 6.07) is 0. The molecule has 1 aromatic rings. The zero-order chi connectivity index (χ0) is 12.5. The van der Waals surface area contributed by atoms with Gasteiger partial charge in [0.25, 0.3) is 5.16 Å². The van der Waals surface area contributed by atoms with Crippen molar-refractivity contribution in [3.63, 3.8) is 0 Å². The molecular formula is C10H10FN3O2S. The number of halogens is 1. The van der Waals surface area contributed by atoms with Crippen LogP contribution in [0.1, 0.15) is 18.0 Å². The summed E-state index contributed by atoms with van der Waals surface area (Å²) in [6.45, 7) is 0. The van der Waals surface area contributed by atoms with Crippen LogP contribution in [0.3, 0.4) is 0 Å². The predicted molar refractivity (Wildman–Crippen MR) is 58.6 cm³/mol. The van der Waals surface area contributed by atoms with Gasteiger partial charge in [0.1, 0.15) is 5.83 Å². The number of hydrogen-bond acceptors (Lipinski definition) is 5. The zero-order valence-corrected chi connectivity index (χ0v) is 9.85. The molecule has 1 aliphatic rings. The lowest BCUT2D eigenvalue weighted by molar-refractivity contribution is 0.584. The van der Waals surface area contributed by atoms with Crippen LogP contribution in [-0.2, 0) is 9.84 Å². The van der Waals surface area contributed by atoms with Crippen molar-refractivity contribution in [1.29, 1.82) is 0 Å². The molecule has 0 spiro atoms. The van der Waals surface area contributed by atoms with Crippen molar-refractivity contribution in [1.82, 2.24) is 15.2 Å². The van der Waals surface area contributed by atoms with Gasteiger partial charge in [-0.25, -0.2) is 17.8 Å². The highest BCUT2D eigenvalue weighted by Gasteiger charge is 2.17. The van der Waals surface area contributed by atoms with Crippen LogP contribution in [0.5, 0.6) is 0 Å². The molecule has 1 aromatic heterocycles. The van der Waals surface area contributed by atoms with E-state index in [-0.39, 0.29) is 16.9 Å². The van der Waals surface area contributed by atoms with Gasteiger partial charge in [-0.15, -0.1) is 5.10 Å². The van der Waals surface area contributed by atoms with E-state index < -0.39 is 9.84 Å². The molecule has 0 amide bonds. The molecule has 1 atom stereocenters. The summed E-state index contributed by atoms with van der Waals surface area (Å²) in [5, 5.41) is 6.76. The highest BCUT2D eigenvalue weighted by molar-refractivity contribution is 7.90. The lowest BCUT2D eigenvalue weighted by atomic mass is 9.97. The van der Waals surface area contributed by atoms with Crippen molar-refractivity contribution < 1.29 is 12.8 Å². The summed E-state index contributed by atoms with van der Waals surface area (Å²) in [5.74, 6) is -0.461. The van der Waals surface area contributed by atoms with Gasteiger partial charge in [0.15, 0.2) is 0 Å². The monoisotopic (exact) mass is 255 g/mol. The largest absolute Gasteiger partial charge is 0.267 e. The maximum Gasteiger partial charge on any atom is 0.267 e. The Balaban J connectivity index is 2.33. The normalized spacial score (nSPS) is 20.1. The Labute approximate surface area is 98.0 Å². The summed E-state index contributed by atoms with van der Waals surface area (Å²) in [5.41, 5.74) is 0.473. The van der Waals surface area contributed by atoms with Crippen LogP contribution >= 0.6 is 0 Å². The van der Waals surface area contributed by atoms with Crippen molar-refractivity contribution >= 4 is 9.84 Å². The van der Waals surface area contributed by atoms with E-state index in [1.165, 1.54) is 18.3 Å². The number of nitrogens with zero attached hydrogens (tertiary/aromatic N) is 3. The number of rotatable bonds is 2. The van der Waals surface area contributed by atoms with Crippen LogP contribution in [0, 0.1) is 0 Å². The molecule has 5 nitrogen and oxygen atoms in total. The second-order valence-electron chi connectivity index (χ2n) is 3.73. The predicted octanol–water partition coefficient (Wildman–Crippen LogP) is 1.17. The molecular weight excluding hydrogens is 245 g/mol. The molecule has 7 heteroatoms. The van der Waals surface area contributed by atoms with E-state index in [1.807, 2.05) is 0 Å². The average Bonchev–Trinajstić information content (AvgIpc) is 2.29. The number of allylic oxidation sites excluding steroid dienone is 4. The van der Waals surface area contributed by atoms with Crippen LogP contribution in [0.2, 0.25) is 0 Å². The molecule has 1 unspecified atom stereocenters. The molecule has 1 aliphatic carbocycles. The van der Waals surface area contributed by atoms with Crippen molar-refractivity contribution in [2.24, 2.45) is 0 Å². The minimum Gasteiger partial charge on any atom is -0.221 e. The quantitative estimate of drug-likeness (QED) is 0.793. The minimum atomic E-state index is -3.47. The van der Waals surface area contributed by atoms with E-state index in [0.29, 0.717) is 12.1 Å². The smallest absolute Gasteiger partial charge is 0.221 e. The van der Waals surface area contributed by atoms with Gasteiger partial charge in [-0.3, -0.25) is 0 Å². The number of aromatic nitrogens is 3. The van der Waals surface area contributed by atoms with E-state index >= 15 is 0 Å². The van der Waals surface area contributed by atoms with Crippen LogP contribution in [0.25, 0.3) is 0 Å². The second kappa shape index (κ2) is 4.33. The second-order valence-corrected chi connectivity index (χ2v) is 5.64. The summed E-state index contributed by atoms with van der Waals surface area (Å²) in [4.78, 5) is 3.93. The topological polar surface area (TPSA) is 72.8 Å². The molecule has 1 heterocycles. The van der Waals surface area contributed by atoms with Crippen molar-refractivity contribution in [3.8, 4) is 0 Å². The molecule has 2 rings (SSSR count). The fourth-order valence-corrected chi connectivity index (χ4v) is 1.92. The lowest BCUT2D eigenvalue weighted by Crippen LogP contribution is -2.10. The van der Waals surface area contributed by atoms with Gasteiger partial charge in [-0.05, 0) is 18.6 Å². The minimum absolute atomic E-state index is 0.162. The number of hydrogen-bond donors (Lipinski definition) is 0. The first-order chi connectivity index (χ1) is 7.97. The van der Waals surface area contributed by atoms with Gasteiger partial charge in [0.2, 0.25) is 9.84 Å². The Hall–Kier alpha value is -1.63. The Morgan fingerprint density at radius 3 is 2.82 bits per heavy atom. The molecule has 0 aromatic carbocycles. The van der Waals surface area contributed by atoms with Gasteiger partial charge in [0, 0.05) is 12.2 Å². The maximum absolute atomic E-state index is 12.8. The molecule has 0 radical (unpaired) electrons. The number of sulfone groups is 1. The standard InChI is InChI=1S/C10H10FN3O2S/c1-17(15,16)10-13-9(6-12-14-10)7-2-4-8(11)5-3-7/h2,4-7H,3H2,1H3. The van der Waals surface area contributed by atoms with Crippen LogP contribution in [0.4, 0.5) is 4.39 Å². The molecule has 0 bridgehead atoms. The Morgan fingerprint density at radius 2 is 2.24 bits per heavy atom. The summed E-state index contributed by atoms with van der Waals surface area (Å²) in [6.07, 6.45) is 7.23. The fourth-order valence-electron chi connectivity index (χ4n) is 1.45. The summed E-state index contributed by atoms with van der Waals surface area (Å²) >= 11 is 0. The molecule has 0 aliphatic heterocycles. The first-order valence-electron chi connectivity index (χ1n) is 4.90. The SMILES string of the molecule is CS(=O)(=O)c1nncc(C2C=CC(F)=CC2)n1. The van der Waals surface area contributed by atoms with E-state index in [2.05, 4.69) is 15.2 Å². The highest BCUT2D eigenvalue weighted by atomic mass is 32.2. The van der Waals surface area contributed by atoms with Crippen molar-refractivity contribution in [2.75, 3.05) is 6.26 Å². The van der Waals surface area contributed by atoms with Gasteiger partial charge in [-0.1, -0.05) is 6.08 Å². The molecule has 17 heavy (non-hydrogen) atoms. The van der Waals surface area contributed by atoms with E-state index in [1.54, 1.807) is 6.08 Å². The van der Waals surface area contributed by atoms with E-state index in [9.17, 15) is 12.8 Å². The highest BCUT2D eigenvalue weighted by Crippen LogP contribution is 2.25. The zero-order valence-electron chi connectivity index (χ0n) is 9.04. The van der Waals surface area contributed by atoms with Crippen LogP contribution in [-0.4, -0.2) is 29.9 Å². The summed E-state index contributed by atoms with van der Waals surface area (Å²) in [7, 11) is -3.47. The molecule has 0 saturated carbocycles. The summed E-state index contributed by atoms with van der Waals surface area (Å²) < 4.78 is 35.3. The van der Waals surface area contributed by atoms with Gasteiger partial charge in [0.05, 0.1) is 11.9 Å². The van der Waals surface area contributed by atoms with E-state index in [0.717, 1.165) is 6.26 Å². The molecule has 0 saturated heterocycles. The molecule has 0 fully saturated rings. The van der Waals surface area contributed by atoms with Gasteiger partial charge < -0.3 is 0 Å². The molecule has 0 N–H and O–H groups in total. The Bertz CT molecular complexity index is 595. The first-order valence-corrected chi connectivity index (χ1v) is 6.79. The van der Waals surface area contributed by atoms with E-state index in [4.69, 9.17) is 0 Å². The Morgan fingerprint density at radius 1 is 1.47 bits per heavy atom. The average molecular weight is 255 g/mol. The fraction of sp³-hybridized carbons (Fsp3) is 0.300. The third-order valence-electron chi connectivity index (χ3n) is 2.32. The van der Waals surface area contributed by atoms with Crippen molar-refractivity contribution in [2.45, 2.75) is 17.5 Å². The third-order valence-corrected chi connectivity index (χ3v) is 3.16.